The second kappa shape index (κ2) is 10.9. The van der Waals surface area contributed by atoms with E-state index in [2.05, 4.69) is 10.0 Å². The number of nitrogens with one attached hydrogen (secondary N) is 2. The number of ether oxygens (including phenoxy) is 2. The second-order valence-corrected chi connectivity index (χ2v) is 10.9. The fraction of sp³-hybridized carbons (Fsp3) is 0.103. The number of hydrogen-bond donors (Lipinski definition) is 2. The number of furan rings is 1. The molecule has 0 unspecified atom stereocenters. The molecule has 11 heteroatoms. The van der Waals surface area contributed by atoms with Crippen LogP contribution in [0.25, 0.3) is 21.9 Å². The smallest absolute Gasteiger partial charge is 0.338 e. The van der Waals surface area contributed by atoms with Crippen molar-refractivity contribution in [2.24, 2.45) is 0 Å². The molecule has 0 saturated carbocycles. The Kier molecular flexibility index (Phi) is 7.38. The molecule has 0 fully saturated rings. The molecule has 0 radical (unpaired) electrons. The van der Waals surface area contributed by atoms with Gasteiger partial charge in [-0.25, -0.2) is 13.2 Å². The lowest BCUT2D eigenvalue weighted by Crippen LogP contribution is -2.30. The van der Waals surface area contributed by atoms with Gasteiger partial charge in [-0.15, -0.1) is 0 Å². The lowest BCUT2D eigenvalue weighted by atomic mass is 10.1. The highest BCUT2D eigenvalue weighted by Gasteiger charge is 2.22. The Balaban J connectivity index is 1.26. The first kappa shape index (κ1) is 27.0. The van der Waals surface area contributed by atoms with Gasteiger partial charge in [0.2, 0.25) is 0 Å². The Hall–Kier alpha value is -4.54. The van der Waals surface area contributed by atoms with E-state index in [0.717, 1.165) is 10.8 Å². The molecule has 0 bridgehead atoms. The van der Waals surface area contributed by atoms with Crippen molar-refractivity contribution >= 4 is 66.8 Å². The van der Waals surface area contributed by atoms with Gasteiger partial charge < -0.3 is 19.2 Å². The Labute approximate surface area is 234 Å². The maximum atomic E-state index is 12.9. The van der Waals surface area contributed by atoms with Gasteiger partial charge in [0.25, 0.3) is 15.9 Å². The standard InChI is InChI=1S/C29H23ClN2O7S/c1-17(28(33)31-24-16-26-21(15-27(24)37-2)20-7-3-6-10-25(20)39-26)38-29(34)18-11-13-19(14-12-18)40(35,36)32-23-9-5-4-8-22(23)30/h3-17,32H,1-2H3,(H,31,33)/t17-/m0/s1. The number of carbonyl (C=O) groups excluding carboxylic acids is 2. The summed E-state index contributed by atoms with van der Waals surface area (Å²) in [6.45, 7) is 1.42. The van der Waals surface area contributed by atoms with Crippen molar-refractivity contribution in [3.8, 4) is 5.75 Å². The predicted octanol–water partition coefficient (Wildman–Crippen LogP) is 6.23. The quantitative estimate of drug-likeness (QED) is 0.209. The van der Waals surface area contributed by atoms with Crippen LogP contribution in [0.1, 0.15) is 17.3 Å². The van der Waals surface area contributed by atoms with Crippen molar-refractivity contribution in [3.05, 3.63) is 95.5 Å². The maximum Gasteiger partial charge on any atom is 0.338 e. The van der Waals surface area contributed by atoms with Gasteiger partial charge in [-0.3, -0.25) is 9.52 Å². The third-order valence-corrected chi connectivity index (χ3v) is 7.84. The molecule has 0 aliphatic carbocycles. The third-order valence-electron chi connectivity index (χ3n) is 6.13. The van der Waals surface area contributed by atoms with Crippen LogP contribution in [0.15, 0.2) is 94.2 Å². The van der Waals surface area contributed by atoms with Crippen LogP contribution in [0.4, 0.5) is 11.4 Å². The lowest BCUT2D eigenvalue weighted by Gasteiger charge is -2.15. The summed E-state index contributed by atoms with van der Waals surface area (Å²) >= 11 is 6.04. The van der Waals surface area contributed by atoms with Gasteiger partial charge in [-0.05, 0) is 55.5 Å². The molecule has 5 rings (SSSR count). The molecular weight excluding hydrogens is 556 g/mol. The number of halogens is 1. The minimum atomic E-state index is -3.95. The maximum absolute atomic E-state index is 12.9. The fourth-order valence-corrected chi connectivity index (χ4v) is 5.37. The van der Waals surface area contributed by atoms with E-state index in [9.17, 15) is 18.0 Å². The van der Waals surface area contributed by atoms with E-state index in [1.807, 2.05) is 24.3 Å². The van der Waals surface area contributed by atoms with E-state index in [1.54, 1.807) is 30.3 Å². The highest BCUT2D eigenvalue weighted by Crippen LogP contribution is 2.36. The molecule has 0 aliphatic heterocycles. The molecule has 204 valence electrons. The number of sulfonamides is 1. The fourth-order valence-electron chi connectivity index (χ4n) is 4.05. The van der Waals surface area contributed by atoms with Crippen LogP contribution in [0.5, 0.6) is 5.75 Å². The average Bonchev–Trinajstić information content (AvgIpc) is 3.31. The normalized spacial score (nSPS) is 12.2. The van der Waals surface area contributed by atoms with E-state index in [-0.39, 0.29) is 21.2 Å². The predicted molar refractivity (Wildman–Crippen MR) is 152 cm³/mol. The number of benzene rings is 4. The molecule has 1 heterocycles. The summed E-state index contributed by atoms with van der Waals surface area (Å²) in [5.74, 6) is -0.983. The molecule has 0 spiro atoms. The average molecular weight is 579 g/mol. The van der Waals surface area contributed by atoms with Gasteiger partial charge in [-0.1, -0.05) is 41.9 Å². The van der Waals surface area contributed by atoms with Gasteiger partial charge in [-0.2, -0.15) is 0 Å². The van der Waals surface area contributed by atoms with Gasteiger partial charge >= 0.3 is 5.97 Å². The summed E-state index contributed by atoms with van der Waals surface area (Å²) in [4.78, 5) is 25.5. The number of amides is 1. The van der Waals surface area contributed by atoms with E-state index in [0.29, 0.717) is 22.6 Å². The summed E-state index contributed by atoms with van der Waals surface area (Å²) in [6.07, 6.45) is -1.17. The van der Waals surface area contributed by atoms with Crippen molar-refractivity contribution in [1.82, 2.24) is 0 Å². The summed E-state index contributed by atoms with van der Waals surface area (Å²) in [5, 5.41) is 4.70. The number of rotatable bonds is 8. The number of anilines is 2. The number of fused-ring (bicyclic) bond motifs is 3. The topological polar surface area (TPSA) is 124 Å². The molecule has 1 atom stereocenters. The van der Waals surface area contributed by atoms with E-state index in [4.69, 9.17) is 25.5 Å². The summed E-state index contributed by atoms with van der Waals surface area (Å²) < 4.78 is 44.5. The highest BCUT2D eigenvalue weighted by atomic mass is 35.5. The van der Waals surface area contributed by atoms with Crippen molar-refractivity contribution in [3.63, 3.8) is 0 Å². The monoisotopic (exact) mass is 578 g/mol. The summed E-state index contributed by atoms with van der Waals surface area (Å²) in [5.41, 5.74) is 1.90. The minimum absolute atomic E-state index is 0.0672. The largest absolute Gasteiger partial charge is 0.495 e. The molecule has 9 nitrogen and oxygen atoms in total. The van der Waals surface area contributed by atoms with Crippen LogP contribution in [0.2, 0.25) is 5.02 Å². The summed E-state index contributed by atoms with van der Waals surface area (Å²) in [7, 11) is -2.47. The number of para-hydroxylation sites is 2. The molecule has 1 aromatic heterocycles. The molecule has 5 aromatic rings. The summed E-state index contributed by atoms with van der Waals surface area (Å²) in [6, 6.07) is 22.5. The molecule has 0 aliphatic rings. The molecule has 1 amide bonds. The Bertz CT molecular complexity index is 1850. The molecule has 4 aromatic carbocycles. The van der Waals surface area contributed by atoms with Crippen molar-refractivity contribution in [1.29, 1.82) is 0 Å². The highest BCUT2D eigenvalue weighted by molar-refractivity contribution is 7.92. The Morgan fingerprint density at radius 3 is 2.30 bits per heavy atom. The second-order valence-electron chi connectivity index (χ2n) is 8.79. The Morgan fingerprint density at radius 2 is 1.57 bits per heavy atom. The number of carbonyl (C=O) groups is 2. The van der Waals surface area contributed by atoms with E-state index < -0.39 is 28.0 Å². The molecular formula is C29H23ClN2O7S. The zero-order valence-corrected chi connectivity index (χ0v) is 22.9. The zero-order valence-electron chi connectivity index (χ0n) is 21.3. The first-order valence-corrected chi connectivity index (χ1v) is 13.9. The van der Waals surface area contributed by atoms with Crippen LogP contribution < -0.4 is 14.8 Å². The van der Waals surface area contributed by atoms with Gasteiger partial charge in [0, 0.05) is 16.8 Å². The van der Waals surface area contributed by atoms with Crippen LogP contribution in [-0.2, 0) is 19.6 Å². The number of hydrogen-bond acceptors (Lipinski definition) is 7. The Morgan fingerprint density at radius 1 is 0.875 bits per heavy atom. The first-order valence-electron chi connectivity index (χ1n) is 12.0. The minimum Gasteiger partial charge on any atom is -0.495 e. The SMILES string of the molecule is COc1cc2c(cc1NC(=O)[C@H](C)OC(=O)c1ccc(S(=O)(=O)Nc3ccccc3Cl)cc1)oc1ccccc12. The molecule has 0 saturated heterocycles. The third kappa shape index (κ3) is 5.45. The van der Waals surface area contributed by atoms with Crippen LogP contribution in [-0.4, -0.2) is 33.5 Å². The van der Waals surface area contributed by atoms with Crippen molar-refractivity contribution < 1.29 is 31.9 Å². The van der Waals surface area contributed by atoms with E-state index >= 15 is 0 Å². The number of esters is 1. The van der Waals surface area contributed by atoms with E-state index in [1.165, 1.54) is 44.4 Å². The molecule has 40 heavy (non-hydrogen) atoms. The lowest BCUT2D eigenvalue weighted by molar-refractivity contribution is -0.123. The van der Waals surface area contributed by atoms with Crippen LogP contribution in [0, 0.1) is 0 Å². The van der Waals surface area contributed by atoms with Gasteiger partial charge in [0.1, 0.15) is 16.9 Å². The van der Waals surface area contributed by atoms with Crippen molar-refractivity contribution in [2.45, 2.75) is 17.9 Å². The number of methoxy groups -OCH3 is 1. The van der Waals surface area contributed by atoms with Crippen LogP contribution in [0.3, 0.4) is 0 Å². The van der Waals surface area contributed by atoms with Gasteiger partial charge in [0.15, 0.2) is 6.10 Å². The van der Waals surface area contributed by atoms with Crippen LogP contribution >= 0.6 is 11.6 Å². The molecule has 2 N–H and O–H groups in total. The first-order chi connectivity index (χ1) is 19.2. The van der Waals surface area contributed by atoms with Crippen molar-refractivity contribution in [2.75, 3.05) is 17.1 Å². The van der Waals surface area contributed by atoms with Gasteiger partial charge in [0.05, 0.1) is 34.0 Å². The zero-order chi connectivity index (χ0) is 28.4.